The van der Waals surface area contributed by atoms with Gasteiger partial charge in [0.05, 0.1) is 5.56 Å². The van der Waals surface area contributed by atoms with E-state index in [2.05, 4.69) is 30.0 Å². The Balaban J connectivity index is 1.72. The Morgan fingerprint density at radius 1 is 1.26 bits per heavy atom. The molecule has 1 fully saturated rings. The molecule has 0 spiro atoms. The summed E-state index contributed by atoms with van der Waals surface area (Å²) in [5, 5.41) is 7.21. The van der Waals surface area contributed by atoms with Crippen molar-refractivity contribution in [2.24, 2.45) is 11.7 Å². The van der Waals surface area contributed by atoms with Crippen LogP contribution < -0.4 is 10.6 Å². The molecule has 19 heavy (non-hydrogen) atoms. The van der Waals surface area contributed by atoms with Gasteiger partial charge in [-0.2, -0.15) is 4.98 Å². The molecule has 1 saturated heterocycles. The quantitative estimate of drug-likeness (QED) is 0.830. The molecule has 3 rings (SSSR count). The van der Waals surface area contributed by atoms with Crippen molar-refractivity contribution in [2.45, 2.75) is 12.8 Å². The van der Waals surface area contributed by atoms with Crippen LogP contribution in [0.4, 0.5) is 5.95 Å². The number of hydrogen-bond donors (Lipinski definition) is 2. The molecule has 0 aliphatic carbocycles. The van der Waals surface area contributed by atoms with Crippen molar-refractivity contribution in [1.82, 2.24) is 25.1 Å². The van der Waals surface area contributed by atoms with Gasteiger partial charge in [0.15, 0.2) is 5.82 Å². The maximum atomic E-state index is 5.70. The van der Waals surface area contributed by atoms with Crippen molar-refractivity contribution < 1.29 is 0 Å². The number of nitrogens with one attached hydrogen (secondary N) is 1. The molecule has 0 aromatic carbocycles. The highest BCUT2D eigenvalue weighted by Crippen LogP contribution is 2.21. The number of aromatic nitrogens is 5. The van der Waals surface area contributed by atoms with E-state index < -0.39 is 0 Å². The third-order valence-electron chi connectivity index (χ3n) is 3.54. The fourth-order valence-corrected chi connectivity index (χ4v) is 2.31. The van der Waals surface area contributed by atoms with Crippen LogP contribution in [0.5, 0.6) is 0 Å². The first-order valence-electron chi connectivity index (χ1n) is 6.49. The Hall–Kier alpha value is -2.02. The Labute approximate surface area is 111 Å². The summed E-state index contributed by atoms with van der Waals surface area (Å²) in [6.45, 7) is 2.70. The smallest absolute Gasteiger partial charge is 0.245 e. The van der Waals surface area contributed by atoms with Gasteiger partial charge in [-0.15, -0.1) is 5.10 Å². The third kappa shape index (κ3) is 2.55. The summed E-state index contributed by atoms with van der Waals surface area (Å²) < 4.78 is 0. The molecule has 0 radical (unpaired) electrons. The van der Waals surface area contributed by atoms with Crippen LogP contribution in [0.25, 0.3) is 11.4 Å². The summed E-state index contributed by atoms with van der Waals surface area (Å²) in [5.41, 5.74) is 6.54. The fourth-order valence-electron chi connectivity index (χ4n) is 2.31. The average Bonchev–Trinajstić information content (AvgIpc) is 2.98. The lowest BCUT2D eigenvalue weighted by Gasteiger charge is -2.30. The summed E-state index contributed by atoms with van der Waals surface area (Å²) >= 11 is 0. The molecule has 1 aliphatic rings. The number of rotatable bonds is 3. The average molecular weight is 259 g/mol. The number of piperidine rings is 1. The monoisotopic (exact) mass is 259 g/mol. The minimum Gasteiger partial charge on any atom is -0.340 e. The zero-order valence-corrected chi connectivity index (χ0v) is 10.7. The van der Waals surface area contributed by atoms with Gasteiger partial charge in [0.25, 0.3) is 0 Å². The lowest BCUT2D eigenvalue weighted by Crippen LogP contribution is -2.36. The summed E-state index contributed by atoms with van der Waals surface area (Å²) in [6.07, 6.45) is 7.15. The Morgan fingerprint density at radius 3 is 2.68 bits per heavy atom. The highest BCUT2D eigenvalue weighted by Gasteiger charge is 2.21. The molecule has 0 bridgehead atoms. The minimum absolute atomic E-state index is 0.636. The first-order chi connectivity index (χ1) is 9.36. The minimum atomic E-state index is 0.636. The predicted molar refractivity (Wildman–Crippen MR) is 71.4 cm³/mol. The first-order valence-corrected chi connectivity index (χ1v) is 6.49. The molecule has 3 N–H and O–H groups in total. The number of aromatic amines is 1. The van der Waals surface area contributed by atoms with Gasteiger partial charge in [-0.3, -0.25) is 5.10 Å². The molecule has 2 aromatic rings. The second-order valence-electron chi connectivity index (χ2n) is 4.78. The van der Waals surface area contributed by atoms with E-state index >= 15 is 0 Å². The summed E-state index contributed by atoms with van der Waals surface area (Å²) in [5.74, 6) is 2.09. The number of H-pyrrole nitrogens is 1. The molecule has 100 valence electrons. The van der Waals surface area contributed by atoms with Gasteiger partial charge in [-0.1, -0.05) is 0 Å². The molecule has 0 saturated carbocycles. The van der Waals surface area contributed by atoms with E-state index in [1.165, 1.54) is 6.33 Å². The number of anilines is 1. The van der Waals surface area contributed by atoms with Gasteiger partial charge in [0.1, 0.15) is 6.33 Å². The SMILES string of the molecule is NCC1CCN(c2n[nH]c(-c3cncnc3)n2)CC1. The summed E-state index contributed by atoms with van der Waals surface area (Å²) in [6, 6.07) is 0. The fraction of sp³-hybridized carbons (Fsp3) is 0.500. The van der Waals surface area contributed by atoms with Crippen molar-refractivity contribution in [3.63, 3.8) is 0 Å². The maximum Gasteiger partial charge on any atom is 0.245 e. The van der Waals surface area contributed by atoms with E-state index in [-0.39, 0.29) is 0 Å². The van der Waals surface area contributed by atoms with Crippen LogP contribution >= 0.6 is 0 Å². The lowest BCUT2D eigenvalue weighted by atomic mass is 9.97. The van der Waals surface area contributed by atoms with E-state index in [4.69, 9.17) is 5.73 Å². The normalized spacial score (nSPS) is 16.8. The van der Waals surface area contributed by atoms with Gasteiger partial charge in [0.2, 0.25) is 5.95 Å². The molecular formula is C12H17N7. The molecule has 0 unspecified atom stereocenters. The zero-order chi connectivity index (χ0) is 13.1. The molecule has 1 aliphatic heterocycles. The van der Waals surface area contributed by atoms with Crippen LogP contribution in [0.1, 0.15) is 12.8 Å². The molecule has 7 nitrogen and oxygen atoms in total. The van der Waals surface area contributed by atoms with Gasteiger partial charge < -0.3 is 10.6 Å². The Bertz CT molecular complexity index is 516. The summed E-state index contributed by atoms with van der Waals surface area (Å²) in [4.78, 5) is 14.6. The third-order valence-corrected chi connectivity index (χ3v) is 3.54. The van der Waals surface area contributed by atoms with Crippen molar-refractivity contribution in [2.75, 3.05) is 24.5 Å². The predicted octanol–water partition coefficient (Wildman–Crippen LogP) is 0.437. The maximum absolute atomic E-state index is 5.70. The number of nitrogens with zero attached hydrogens (tertiary/aromatic N) is 5. The Morgan fingerprint density at radius 2 is 2.00 bits per heavy atom. The lowest BCUT2D eigenvalue weighted by molar-refractivity contribution is 0.411. The van der Waals surface area contributed by atoms with Crippen LogP contribution in [0.2, 0.25) is 0 Å². The van der Waals surface area contributed by atoms with Crippen LogP contribution in [0, 0.1) is 5.92 Å². The van der Waals surface area contributed by atoms with E-state index in [9.17, 15) is 0 Å². The highest BCUT2D eigenvalue weighted by atomic mass is 15.4. The van der Waals surface area contributed by atoms with Crippen LogP contribution in [0.3, 0.4) is 0 Å². The van der Waals surface area contributed by atoms with Gasteiger partial charge in [-0.25, -0.2) is 9.97 Å². The number of nitrogens with two attached hydrogens (primary N) is 1. The molecule has 3 heterocycles. The van der Waals surface area contributed by atoms with Crippen molar-refractivity contribution in [3.05, 3.63) is 18.7 Å². The van der Waals surface area contributed by atoms with Gasteiger partial charge >= 0.3 is 0 Å². The topological polar surface area (TPSA) is 96.6 Å². The van der Waals surface area contributed by atoms with Crippen molar-refractivity contribution in [3.8, 4) is 11.4 Å². The largest absolute Gasteiger partial charge is 0.340 e. The van der Waals surface area contributed by atoms with E-state index in [0.29, 0.717) is 11.7 Å². The van der Waals surface area contributed by atoms with Crippen molar-refractivity contribution in [1.29, 1.82) is 0 Å². The van der Waals surface area contributed by atoms with E-state index in [1.54, 1.807) is 12.4 Å². The van der Waals surface area contributed by atoms with Gasteiger partial charge in [0, 0.05) is 25.5 Å². The standard InChI is InChI=1S/C12H17N7/c13-5-9-1-3-19(4-2-9)12-16-11(17-18-12)10-6-14-8-15-7-10/h6-9H,1-5,13H2,(H,16,17,18). The van der Waals surface area contributed by atoms with Crippen LogP contribution in [-0.2, 0) is 0 Å². The molecule has 0 amide bonds. The Kier molecular flexibility index (Phi) is 3.37. The van der Waals surface area contributed by atoms with Gasteiger partial charge in [-0.05, 0) is 25.3 Å². The van der Waals surface area contributed by atoms with Crippen molar-refractivity contribution >= 4 is 5.95 Å². The number of hydrogen-bond acceptors (Lipinski definition) is 6. The molecule has 0 atom stereocenters. The second kappa shape index (κ2) is 5.31. The molecule has 2 aromatic heterocycles. The molecular weight excluding hydrogens is 242 g/mol. The first kappa shape index (κ1) is 12.0. The summed E-state index contributed by atoms with van der Waals surface area (Å²) in [7, 11) is 0. The zero-order valence-electron chi connectivity index (χ0n) is 10.7. The van der Waals surface area contributed by atoms with E-state index in [0.717, 1.165) is 44.0 Å². The second-order valence-corrected chi connectivity index (χ2v) is 4.78. The van der Waals surface area contributed by atoms with Crippen LogP contribution in [-0.4, -0.2) is 44.8 Å². The van der Waals surface area contributed by atoms with Crippen LogP contribution in [0.15, 0.2) is 18.7 Å². The molecule has 7 heteroatoms. The van der Waals surface area contributed by atoms with E-state index in [1.807, 2.05) is 0 Å². The highest BCUT2D eigenvalue weighted by molar-refractivity contribution is 5.53.